The predicted octanol–water partition coefficient (Wildman–Crippen LogP) is 5.47. The van der Waals surface area contributed by atoms with E-state index < -0.39 is 5.82 Å². The third-order valence-corrected chi connectivity index (χ3v) is 6.73. The second-order valence-corrected chi connectivity index (χ2v) is 9.51. The second kappa shape index (κ2) is 11.8. The van der Waals surface area contributed by atoms with Gasteiger partial charge in [-0.3, -0.25) is 9.36 Å². The number of allylic oxidation sites excluding steroid dienone is 1. The fourth-order valence-electron chi connectivity index (χ4n) is 3.84. The number of hydrogen-bond acceptors (Lipinski definition) is 5. The van der Waals surface area contributed by atoms with Crippen LogP contribution >= 0.6 is 11.8 Å². The van der Waals surface area contributed by atoms with Crippen molar-refractivity contribution in [3.63, 3.8) is 0 Å². The van der Waals surface area contributed by atoms with Crippen LogP contribution in [0, 0.1) is 5.82 Å². The number of para-hydroxylation sites is 2. The van der Waals surface area contributed by atoms with Gasteiger partial charge in [0.25, 0.3) is 0 Å². The number of carbonyl (C=O) groups excluding carboxylic acids is 1. The number of rotatable bonds is 10. The van der Waals surface area contributed by atoms with Gasteiger partial charge in [-0.1, -0.05) is 53.7 Å². The molecule has 0 bridgehead atoms. The molecule has 1 atom stereocenters. The maximum absolute atomic E-state index is 14.0. The molecular formula is C26H29FN4O2S. The summed E-state index contributed by atoms with van der Waals surface area (Å²) in [5.41, 5.74) is 2.29. The number of hydrogen-bond donors (Lipinski definition) is 1. The van der Waals surface area contributed by atoms with Gasteiger partial charge < -0.3 is 10.1 Å². The van der Waals surface area contributed by atoms with Gasteiger partial charge in [-0.15, -0.1) is 10.2 Å². The topological polar surface area (TPSA) is 69.0 Å². The first-order valence-corrected chi connectivity index (χ1v) is 12.5. The molecule has 0 aliphatic heterocycles. The molecule has 0 fully saturated rings. The van der Waals surface area contributed by atoms with E-state index in [1.807, 2.05) is 41.8 Å². The van der Waals surface area contributed by atoms with Crippen molar-refractivity contribution in [2.75, 3.05) is 6.54 Å². The highest BCUT2D eigenvalue weighted by molar-refractivity contribution is 8.00. The SMILES string of the molecule is CC(Sc1nnc(COc2ccccc2F)n1-c1ccccc1)C(=O)NCCC1=CCCCC1. The average molecular weight is 481 g/mol. The van der Waals surface area contributed by atoms with Crippen LogP contribution in [0.3, 0.4) is 0 Å². The van der Waals surface area contributed by atoms with Crippen molar-refractivity contribution in [2.45, 2.75) is 56.0 Å². The number of carbonyl (C=O) groups is 1. The van der Waals surface area contributed by atoms with Crippen molar-refractivity contribution in [1.82, 2.24) is 20.1 Å². The Hall–Kier alpha value is -3.13. The second-order valence-electron chi connectivity index (χ2n) is 8.20. The van der Waals surface area contributed by atoms with Crippen molar-refractivity contribution in [3.8, 4) is 11.4 Å². The Morgan fingerprint density at radius 3 is 2.71 bits per heavy atom. The minimum Gasteiger partial charge on any atom is -0.483 e. The Balaban J connectivity index is 1.43. The van der Waals surface area contributed by atoms with Gasteiger partial charge in [0.2, 0.25) is 5.91 Å². The van der Waals surface area contributed by atoms with E-state index in [4.69, 9.17) is 4.74 Å². The molecule has 4 rings (SSSR count). The monoisotopic (exact) mass is 480 g/mol. The van der Waals surface area contributed by atoms with Gasteiger partial charge in [0.1, 0.15) is 6.61 Å². The number of benzene rings is 2. The Kier molecular flexibility index (Phi) is 8.36. The van der Waals surface area contributed by atoms with Crippen LogP contribution in [0.5, 0.6) is 5.75 Å². The Morgan fingerprint density at radius 2 is 1.94 bits per heavy atom. The summed E-state index contributed by atoms with van der Waals surface area (Å²) in [5, 5.41) is 11.9. The van der Waals surface area contributed by atoms with Gasteiger partial charge >= 0.3 is 0 Å². The molecule has 1 unspecified atom stereocenters. The zero-order valence-electron chi connectivity index (χ0n) is 19.2. The van der Waals surface area contributed by atoms with Gasteiger partial charge in [-0.05, 0) is 63.3 Å². The van der Waals surface area contributed by atoms with E-state index in [1.54, 1.807) is 18.2 Å². The highest BCUT2D eigenvalue weighted by Crippen LogP contribution is 2.27. The molecule has 3 aromatic rings. The van der Waals surface area contributed by atoms with Gasteiger partial charge in [0.05, 0.1) is 5.25 Å². The van der Waals surface area contributed by atoms with E-state index in [9.17, 15) is 9.18 Å². The molecular weight excluding hydrogens is 451 g/mol. The van der Waals surface area contributed by atoms with Gasteiger partial charge in [0, 0.05) is 12.2 Å². The van der Waals surface area contributed by atoms with Crippen LogP contribution in [-0.4, -0.2) is 32.5 Å². The average Bonchev–Trinajstić information content (AvgIpc) is 3.26. The lowest BCUT2D eigenvalue weighted by molar-refractivity contribution is -0.120. The summed E-state index contributed by atoms with van der Waals surface area (Å²) in [5.74, 6) is 0.208. The van der Waals surface area contributed by atoms with E-state index in [2.05, 4.69) is 21.6 Å². The molecule has 8 heteroatoms. The van der Waals surface area contributed by atoms with Crippen LogP contribution < -0.4 is 10.1 Å². The Morgan fingerprint density at radius 1 is 1.15 bits per heavy atom. The number of nitrogens with one attached hydrogen (secondary N) is 1. The quantitative estimate of drug-likeness (QED) is 0.308. The number of ether oxygens (including phenoxy) is 1. The number of halogens is 1. The zero-order valence-corrected chi connectivity index (χ0v) is 20.1. The minimum absolute atomic E-state index is 0.0341. The van der Waals surface area contributed by atoms with E-state index in [-0.39, 0.29) is 23.5 Å². The summed E-state index contributed by atoms with van der Waals surface area (Å²) < 4.78 is 21.5. The zero-order chi connectivity index (χ0) is 23.8. The predicted molar refractivity (Wildman–Crippen MR) is 132 cm³/mol. The number of nitrogens with zero attached hydrogens (tertiary/aromatic N) is 3. The van der Waals surface area contributed by atoms with Crippen LogP contribution in [0.15, 0.2) is 71.4 Å². The minimum atomic E-state index is -0.433. The molecule has 1 aliphatic carbocycles. The van der Waals surface area contributed by atoms with Crippen LogP contribution in [-0.2, 0) is 11.4 Å². The van der Waals surface area contributed by atoms with E-state index in [0.717, 1.165) is 24.9 Å². The summed E-state index contributed by atoms with van der Waals surface area (Å²) in [6.45, 7) is 2.54. The fraction of sp³-hybridized carbons (Fsp3) is 0.346. The van der Waals surface area contributed by atoms with Crippen LogP contribution in [0.25, 0.3) is 5.69 Å². The molecule has 0 spiro atoms. The molecule has 1 aliphatic rings. The van der Waals surface area contributed by atoms with Crippen LogP contribution in [0.2, 0.25) is 0 Å². The lowest BCUT2D eigenvalue weighted by Gasteiger charge is -2.15. The fourth-order valence-corrected chi connectivity index (χ4v) is 4.75. The largest absolute Gasteiger partial charge is 0.483 e. The van der Waals surface area contributed by atoms with E-state index >= 15 is 0 Å². The normalized spacial score (nSPS) is 14.4. The third kappa shape index (κ3) is 6.26. The molecule has 0 saturated carbocycles. The van der Waals surface area contributed by atoms with Crippen molar-refractivity contribution in [3.05, 3.63) is 77.9 Å². The molecule has 0 saturated heterocycles. The summed E-state index contributed by atoms with van der Waals surface area (Å²) in [6.07, 6.45) is 8.00. The Bertz CT molecular complexity index is 1130. The molecule has 1 heterocycles. The van der Waals surface area contributed by atoms with Crippen molar-refractivity contribution < 1.29 is 13.9 Å². The highest BCUT2D eigenvalue weighted by Gasteiger charge is 2.21. The molecule has 2 aromatic carbocycles. The van der Waals surface area contributed by atoms with Gasteiger partial charge in [-0.2, -0.15) is 0 Å². The van der Waals surface area contributed by atoms with Gasteiger partial charge in [0.15, 0.2) is 22.5 Å². The first kappa shape index (κ1) is 24.0. The standard InChI is InChI=1S/C26H29FN4O2S/c1-19(25(32)28-17-16-20-10-4-2-5-11-20)34-26-30-29-24(31(26)21-12-6-3-7-13-21)18-33-23-15-9-8-14-22(23)27/h3,6-10,12-15,19H,2,4-5,11,16-18H2,1H3,(H,28,32). The van der Waals surface area contributed by atoms with Crippen LogP contribution in [0.1, 0.15) is 44.9 Å². The maximum Gasteiger partial charge on any atom is 0.233 e. The van der Waals surface area contributed by atoms with Crippen molar-refractivity contribution in [1.29, 1.82) is 0 Å². The molecule has 1 amide bonds. The summed E-state index contributed by atoms with van der Waals surface area (Å²) in [4.78, 5) is 12.7. The molecule has 34 heavy (non-hydrogen) atoms. The van der Waals surface area contributed by atoms with Crippen molar-refractivity contribution >= 4 is 17.7 Å². The Labute approximate surface area is 203 Å². The van der Waals surface area contributed by atoms with Crippen LogP contribution in [0.4, 0.5) is 4.39 Å². The third-order valence-electron chi connectivity index (χ3n) is 5.69. The summed E-state index contributed by atoms with van der Waals surface area (Å²) >= 11 is 1.34. The smallest absolute Gasteiger partial charge is 0.233 e. The molecule has 1 N–H and O–H groups in total. The number of thioether (sulfide) groups is 1. The lowest BCUT2D eigenvalue weighted by Crippen LogP contribution is -2.32. The van der Waals surface area contributed by atoms with E-state index in [0.29, 0.717) is 17.5 Å². The molecule has 1 aromatic heterocycles. The number of amides is 1. The molecule has 0 radical (unpaired) electrons. The highest BCUT2D eigenvalue weighted by atomic mass is 32.2. The number of aromatic nitrogens is 3. The maximum atomic E-state index is 14.0. The van der Waals surface area contributed by atoms with E-state index in [1.165, 1.54) is 36.2 Å². The summed E-state index contributed by atoms with van der Waals surface area (Å²) in [6, 6.07) is 15.9. The first-order chi connectivity index (χ1) is 16.6. The van der Waals surface area contributed by atoms with Gasteiger partial charge in [-0.25, -0.2) is 4.39 Å². The lowest BCUT2D eigenvalue weighted by atomic mass is 9.97. The molecule has 178 valence electrons. The van der Waals surface area contributed by atoms with Crippen molar-refractivity contribution in [2.24, 2.45) is 0 Å². The first-order valence-electron chi connectivity index (χ1n) is 11.6. The molecule has 6 nitrogen and oxygen atoms in total. The summed E-state index contributed by atoms with van der Waals surface area (Å²) in [7, 11) is 0.